The fraction of sp³-hybridized carbons (Fsp3) is 0.559. The first-order chi connectivity index (χ1) is 23.6. The molecule has 3 aromatic heterocycles. The number of pyridine rings is 1. The van der Waals surface area contributed by atoms with Gasteiger partial charge < -0.3 is 24.2 Å². The second-order valence-corrected chi connectivity index (χ2v) is 15.1. The van der Waals surface area contributed by atoms with Crippen LogP contribution in [0, 0.1) is 11.2 Å². The molecule has 1 aromatic carbocycles. The van der Waals surface area contributed by atoms with Gasteiger partial charge in [-0.1, -0.05) is 11.6 Å². The molecule has 1 saturated carbocycles. The van der Waals surface area contributed by atoms with E-state index in [1.54, 1.807) is 6.20 Å². The SMILES string of the molecule is CC(=O)n1ncc2c3c(c(Cl)cc21)OCOCC1(O)CC2(CCCN(C2)c2nc(OC[C@@]45CCCN4C[C@H](F)C5)nc4c(F)c-3ncc24)C1. The number of rotatable bonds is 3. The zero-order valence-electron chi connectivity index (χ0n) is 27.1. The Hall–Kier alpha value is -3.72. The molecule has 1 spiro atoms. The van der Waals surface area contributed by atoms with E-state index in [9.17, 15) is 14.3 Å². The Balaban J connectivity index is 1.23. The Labute approximate surface area is 285 Å². The van der Waals surface area contributed by atoms with Crippen LogP contribution in [0.2, 0.25) is 5.02 Å². The molecule has 0 amide bonds. The third kappa shape index (κ3) is 4.96. The second-order valence-electron chi connectivity index (χ2n) is 14.7. The average Bonchev–Trinajstić information content (AvgIpc) is 3.73. The first kappa shape index (κ1) is 31.3. The Bertz CT molecular complexity index is 2020. The number of aromatic nitrogens is 5. The zero-order chi connectivity index (χ0) is 33.7. The van der Waals surface area contributed by atoms with Crippen LogP contribution in [0.25, 0.3) is 33.1 Å². The van der Waals surface area contributed by atoms with Crippen molar-refractivity contribution in [1.29, 1.82) is 0 Å². The Morgan fingerprint density at radius 2 is 2.02 bits per heavy atom. The van der Waals surface area contributed by atoms with Crippen molar-refractivity contribution in [3.05, 3.63) is 29.3 Å². The van der Waals surface area contributed by atoms with Crippen LogP contribution in [0.3, 0.4) is 0 Å². The number of benzene rings is 1. The van der Waals surface area contributed by atoms with Gasteiger partial charge in [-0.2, -0.15) is 15.1 Å². The molecule has 258 valence electrons. The molecule has 1 N–H and O–H groups in total. The molecule has 2 atom stereocenters. The van der Waals surface area contributed by atoms with Crippen molar-refractivity contribution in [2.24, 2.45) is 5.41 Å². The maximum absolute atomic E-state index is 17.2. The van der Waals surface area contributed by atoms with Gasteiger partial charge in [-0.05, 0) is 56.6 Å². The lowest BCUT2D eigenvalue weighted by molar-refractivity contribution is -0.178. The monoisotopic (exact) mass is 695 g/mol. The summed E-state index contributed by atoms with van der Waals surface area (Å²) in [5.41, 5.74) is -1.24. The number of anilines is 1. The van der Waals surface area contributed by atoms with Gasteiger partial charge in [-0.15, -0.1) is 0 Å². The minimum atomic E-state index is -1.02. The number of alkyl halides is 1. The molecule has 12 nitrogen and oxygen atoms in total. The average molecular weight is 696 g/mol. The summed E-state index contributed by atoms with van der Waals surface area (Å²) in [5.74, 6) is -0.537. The molecule has 7 aliphatic rings. The molecule has 49 heavy (non-hydrogen) atoms. The summed E-state index contributed by atoms with van der Waals surface area (Å²) in [4.78, 5) is 30.8. The number of piperidine rings is 1. The number of carbonyl (C=O) groups is 1. The molecule has 15 heteroatoms. The Morgan fingerprint density at radius 3 is 2.86 bits per heavy atom. The number of fused-ring (bicyclic) bond motifs is 2. The van der Waals surface area contributed by atoms with E-state index in [0.29, 0.717) is 61.0 Å². The van der Waals surface area contributed by atoms with Crippen molar-refractivity contribution in [3.63, 3.8) is 0 Å². The molecule has 0 unspecified atom stereocenters. The summed E-state index contributed by atoms with van der Waals surface area (Å²) in [6.45, 7) is 3.80. The molecule has 4 fully saturated rings. The van der Waals surface area contributed by atoms with Gasteiger partial charge in [0, 0.05) is 44.6 Å². The van der Waals surface area contributed by atoms with Crippen LogP contribution in [0.4, 0.5) is 14.6 Å². The summed E-state index contributed by atoms with van der Waals surface area (Å²) in [5, 5.41) is 16.5. The lowest BCUT2D eigenvalue weighted by Crippen LogP contribution is -2.60. The fourth-order valence-corrected chi connectivity index (χ4v) is 9.60. The first-order valence-corrected chi connectivity index (χ1v) is 17.2. The molecule has 7 bridgehead atoms. The van der Waals surface area contributed by atoms with Crippen molar-refractivity contribution < 1.29 is 32.9 Å². The van der Waals surface area contributed by atoms with E-state index in [-0.39, 0.29) is 64.9 Å². The minimum Gasteiger partial charge on any atom is -0.465 e. The number of halogens is 3. The number of hydrogen-bond donors (Lipinski definition) is 1. The van der Waals surface area contributed by atoms with Gasteiger partial charge in [0.05, 0.1) is 45.4 Å². The van der Waals surface area contributed by atoms with E-state index in [1.165, 1.54) is 23.9 Å². The van der Waals surface area contributed by atoms with Crippen LogP contribution in [0.15, 0.2) is 18.5 Å². The Morgan fingerprint density at radius 1 is 1.18 bits per heavy atom. The summed E-state index contributed by atoms with van der Waals surface area (Å²) in [6, 6.07) is 1.53. The van der Waals surface area contributed by atoms with Crippen molar-refractivity contribution in [2.45, 2.75) is 69.2 Å². The highest BCUT2D eigenvalue weighted by molar-refractivity contribution is 6.34. The first-order valence-electron chi connectivity index (χ1n) is 16.8. The summed E-state index contributed by atoms with van der Waals surface area (Å²) < 4.78 is 51.1. The maximum Gasteiger partial charge on any atom is 0.319 e. The smallest absolute Gasteiger partial charge is 0.319 e. The van der Waals surface area contributed by atoms with Crippen molar-refractivity contribution >= 4 is 45.1 Å². The van der Waals surface area contributed by atoms with Crippen LogP contribution in [0.1, 0.15) is 56.7 Å². The molecule has 1 aliphatic carbocycles. The van der Waals surface area contributed by atoms with Crippen molar-refractivity contribution in [2.75, 3.05) is 51.1 Å². The standard InChI is InChI=1S/C34H36ClF2N7O5/c1-19(45)44-24-8-23(35)29-25(21(24)11-39-44)28-26(37)27-22(10-38-28)30(41-31(40-27)48-16-33-5-3-7-43(33)12-20(36)9-33)42-6-2-4-32(15-42)13-34(46,14-32)17-47-18-49-29/h8,10-11,20,46H,2-7,9,12-18H2,1H3/t20-,32?,33+,34?/m1/s1. The van der Waals surface area contributed by atoms with Crippen LogP contribution in [0.5, 0.6) is 11.8 Å². The quantitative estimate of drug-likeness (QED) is 0.314. The van der Waals surface area contributed by atoms with Crippen molar-refractivity contribution in [1.82, 2.24) is 29.6 Å². The van der Waals surface area contributed by atoms with Crippen LogP contribution >= 0.6 is 11.6 Å². The van der Waals surface area contributed by atoms with E-state index in [4.69, 9.17) is 30.8 Å². The highest BCUT2D eigenvalue weighted by atomic mass is 35.5. The van der Waals surface area contributed by atoms with Gasteiger partial charge in [0.1, 0.15) is 29.8 Å². The largest absolute Gasteiger partial charge is 0.465 e. The summed E-state index contributed by atoms with van der Waals surface area (Å²) >= 11 is 6.75. The highest BCUT2D eigenvalue weighted by Gasteiger charge is 2.55. The van der Waals surface area contributed by atoms with Gasteiger partial charge >= 0.3 is 6.01 Å². The predicted molar refractivity (Wildman–Crippen MR) is 175 cm³/mol. The van der Waals surface area contributed by atoms with Gasteiger partial charge in [-0.3, -0.25) is 14.7 Å². The molecular formula is C34H36ClF2N7O5. The lowest BCUT2D eigenvalue weighted by Gasteiger charge is -2.57. The maximum atomic E-state index is 17.2. The summed E-state index contributed by atoms with van der Waals surface area (Å²) in [6.07, 6.45) is 7.04. The molecule has 0 radical (unpaired) electrons. The van der Waals surface area contributed by atoms with Crippen LogP contribution in [-0.4, -0.2) is 104 Å². The van der Waals surface area contributed by atoms with Gasteiger partial charge in [-0.25, -0.2) is 13.5 Å². The number of hydrogen-bond acceptors (Lipinski definition) is 11. The second kappa shape index (κ2) is 11.1. The predicted octanol–water partition coefficient (Wildman–Crippen LogP) is 4.93. The van der Waals surface area contributed by atoms with Gasteiger partial charge in [0.25, 0.3) is 0 Å². The number of carbonyl (C=O) groups excluding carboxylic acids is 1. The molecule has 11 rings (SSSR count). The molecule has 3 saturated heterocycles. The molecular weight excluding hydrogens is 660 g/mol. The Kier molecular flexibility index (Phi) is 7.11. The zero-order valence-corrected chi connectivity index (χ0v) is 27.8. The minimum absolute atomic E-state index is 0.00143. The number of nitrogens with zero attached hydrogens (tertiary/aromatic N) is 7. The van der Waals surface area contributed by atoms with E-state index in [1.807, 2.05) is 0 Å². The normalized spacial score (nSPS) is 29.7. The number of aliphatic hydroxyl groups is 1. The van der Waals surface area contributed by atoms with Crippen molar-refractivity contribution in [3.8, 4) is 23.0 Å². The van der Waals surface area contributed by atoms with Gasteiger partial charge in [0.15, 0.2) is 18.4 Å². The number of ether oxygens (including phenoxy) is 3. The fourth-order valence-electron chi connectivity index (χ4n) is 9.35. The lowest BCUT2D eigenvalue weighted by atomic mass is 9.56. The topological polar surface area (TPSA) is 128 Å². The van der Waals surface area contributed by atoms with E-state index in [0.717, 1.165) is 32.2 Å². The van der Waals surface area contributed by atoms with E-state index in [2.05, 4.69) is 24.9 Å². The van der Waals surface area contributed by atoms with Crippen LogP contribution in [-0.2, 0) is 4.74 Å². The van der Waals surface area contributed by atoms with Crippen LogP contribution < -0.4 is 14.4 Å². The van der Waals surface area contributed by atoms with E-state index < -0.39 is 23.1 Å². The highest BCUT2D eigenvalue weighted by Crippen LogP contribution is 2.54. The summed E-state index contributed by atoms with van der Waals surface area (Å²) in [7, 11) is 0. The third-order valence-corrected chi connectivity index (χ3v) is 11.5. The molecule has 6 aliphatic heterocycles. The molecule has 4 aromatic rings. The van der Waals surface area contributed by atoms with E-state index >= 15 is 4.39 Å². The molecule has 9 heterocycles. The van der Waals surface area contributed by atoms with Gasteiger partial charge in [0.2, 0.25) is 5.91 Å². The third-order valence-electron chi connectivity index (χ3n) is 11.2.